The van der Waals surface area contributed by atoms with Crippen molar-refractivity contribution in [1.82, 2.24) is 4.90 Å². The fourth-order valence-electron chi connectivity index (χ4n) is 2.60. The largest absolute Gasteiger partial charge is 0.440 e. The van der Waals surface area contributed by atoms with Gasteiger partial charge in [-0.15, -0.1) is 0 Å². The first-order chi connectivity index (χ1) is 12.2. The van der Waals surface area contributed by atoms with E-state index in [4.69, 9.17) is 32.4 Å². The molecule has 1 unspecified atom stereocenters. The molecule has 1 aromatic heterocycles. The highest BCUT2D eigenvalue weighted by molar-refractivity contribution is 7.90. The molecular formula is C16H14Cl2FNO5S. The van der Waals surface area contributed by atoms with Crippen molar-refractivity contribution in [2.45, 2.75) is 11.2 Å². The highest BCUT2D eigenvalue weighted by Crippen LogP contribution is 2.32. The SMILES string of the molecule is CS(=O)(=O)c1ccc(C(=O)N2CCOC(c3cc(F)c(Cl)cc3Cl)C2)o1. The lowest BCUT2D eigenvalue weighted by Crippen LogP contribution is -2.42. The monoisotopic (exact) mass is 421 g/mol. The smallest absolute Gasteiger partial charge is 0.289 e. The van der Waals surface area contributed by atoms with Crippen molar-refractivity contribution in [3.63, 3.8) is 0 Å². The lowest BCUT2D eigenvalue weighted by Gasteiger charge is -2.33. The van der Waals surface area contributed by atoms with Gasteiger partial charge >= 0.3 is 0 Å². The van der Waals surface area contributed by atoms with E-state index in [0.29, 0.717) is 5.56 Å². The Balaban J connectivity index is 1.81. The zero-order chi connectivity index (χ0) is 19.1. The Bertz CT molecular complexity index is 960. The van der Waals surface area contributed by atoms with Crippen molar-refractivity contribution in [3.8, 4) is 0 Å². The molecule has 26 heavy (non-hydrogen) atoms. The van der Waals surface area contributed by atoms with Crippen molar-refractivity contribution in [2.75, 3.05) is 26.0 Å². The number of amides is 1. The number of hydrogen-bond acceptors (Lipinski definition) is 5. The van der Waals surface area contributed by atoms with Gasteiger partial charge in [0.05, 0.1) is 18.2 Å². The molecule has 10 heteroatoms. The van der Waals surface area contributed by atoms with E-state index in [2.05, 4.69) is 0 Å². The number of hydrogen-bond donors (Lipinski definition) is 0. The van der Waals surface area contributed by atoms with E-state index in [1.54, 1.807) is 0 Å². The van der Waals surface area contributed by atoms with Crippen molar-refractivity contribution in [1.29, 1.82) is 0 Å². The Labute approximate surface area is 159 Å². The lowest BCUT2D eigenvalue weighted by molar-refractivity contribution is -0.0239. The highest BCUT2D eigenvalue weighted by Gasteiger charge is 2.30. The Kier molecular flexibility index (Phi) is 5.30. The minimum Gasteiger partial charge on any atom is -0.440 e. The minimum absolute atomic E-state index is 0.0977. The topological polar surface area (TPSA) is 76.8 Å². The molecule has 140 valence electrons. The molecule has 3 rings (SSSR count). The standard InChI is InChI=1S/C16H14Cl2FNO5S/c1-26(22,23)15-3-2-13(25-15)16(21)20-4-5-24-14(8-20)9-6-12(19)11(18)7-10(9)17/h2-3,6-7,14H,4-5,8H2,1H3. The molecule has 2 aromatic rings. The van der Waals surface area contributed by atoms with Gasteiger partial charge in [-0.05, 0) is 24.3 Å². The molecule has 1 amide bonds. The van der Waals surface area contributed by atoms with Crippen LogP contribution in [0.25, 0.3) is 0 Å². The summed E-state index contributed by atoms with van der Waals surface area (Å²) in [6, 6.07) is 4.99. The molecule has 0 N–H and O–H groups in total. The van der Waals surface area contributed by atoms with E-state index in [1.807, 2.05) is 0 Å². The molecule has 1 aliphatic heterocycles. The first-order valence-electron chi connectivity index (χ1n) is 7.52. The van der Waals surface area contributed by atoms with Gasteiger partial charge in [-0.25, -0.2) is 12.8 Å². The Morgan fingerprint density at radius 3 is 2.65 bits per heavy atom. The normalized spacial score (nSPS) is 18.2. The van der Waals surface area contributed by atoms with Crippen LogP contribution in [0.3, 0.4) is 0 Å². The molecule has 0 aliphatic carbocycles. The number of sulfone groups is 1. The molecule has 2 heterocycles. The number of furan rings is 1. The summed E-state index contributed by atoms with van der Waals surface area (Å²) in [7, 11) is -3.55. The van der Waals surface area contributed by atoms with Crippen molar-refractivity contribution >= 4 is 38.9 Å². The summed E-state index contributed by atoms with van der Waals surface area (Å²) in [5.41, 5.74) is 0.377. The third kappa shape index (κ3) is 3.88. The summed E-state index contributed by atoms with van der Waals surface area (Å²) in [5.74, 6) is -1.22. The van der Waals surface area contributed by atoms with E-state index < -0.39 is 27.7 Å². The van der Waals surface area contributed by atoms with Gasteiger partial charge in [0.2, 0.25) is 14.9 Å². The fraction of sp³-hybridized carbons (Fsp3) is 0.312. The summed E-state index contributed by atoms with van der Waals surface area (Å²) in [5, 5.41) is -0.159. The van der Waals surface area contributed by atoms with Crippen molar-refractivity contribution in [3.05, 3.63) is 51.5 Å². The number of carbonyl (C=O) groups excluding carboxylic acids is 1. The molecule has 0 bridgehead atoms. The number of carbonyl (C=O) groups is 1. The summed E-state index contributed by atoms with van der Waals surface area (Å²) in [6.07, 6.45) is 0.346. The molecule has 0 spiro atoms. The van der Waals surface area contributed by atoms with Crippen LogP contribution in [0.15, 0.2) is 33.8 Å². The van der Waals surface area contributed by atoms with E-state index in [-0.39, 0.29) is 40.6 Å². The molecule has 1 aliphatic rings. The number of nitrogens with zero attached hydrogens (tertiary/aromatic N) is 1. The molecule has 1 atom stereocenters. The molecular weight excluding hydrogens is 408 g/mol. The van der Waals surface area contributed by atoms with Crippen LogP contribution in [0.4, 0.5) is 4.39 Å². The van der Waals surface area contributed by atoms with Gasteiger partial charge in [-0.3, -0.25) is 4.79 Å². The van der Waals surface area contributed by atoms with E-state index in [9.17, 15) is 17.6 Å². The first-order valence-corrected chi connectivity index (χ1v) is 10.2. The predicted octanol–water partition coefficient (Wildman–Crippen LogP) is 3.34. The zero-order valence-electron chi connectivity index (χ0n) is 13.5. The van der Waals surface area contributed by atoms with Crippen LogP contribution >= 0.6 is 23.2 Å². The van der Waals surface area contributed by atoms with Crippen LogP contribution in [-0.2, 0) is 14.6 Å². The Morgan fingerprint density at radius 1 is 1.27 bits per heavy atom. The molecule has 0 saturated carbocycles. The Morgan fingerprint density at radius 2 is 2.00 bits per heavy atom. The third-order valence-corrected chi connectivity index (χ3v) is 5.47. The summed E-state index contributed by atoms with van der Waals surface area (Å²) in [4.78, 5) is 14.0. The summed E-state index contributed by atoms with van der Waals surface area (Å²) >= 11 is 11.8. The van der Waals surface area contributed by atoms with Gasteiger partial charge in [0.15, 0.2) is 5.76 Å². The van der Waals surface area contributed by atoms with Gasteiger partial charge in [-0.2, -0.15) is 0 Å². The van der Waals surface area contributed by atoms with Crippen LogP contribution in [0.1, 0.15) is 22.2 Å². The average molecular weight is 422 g/mol. The predicted molar refractivity (Wildman–Crippen MR) is 92.8 cm³/mol. The lowest BCUT2D eigenvalue weighted by atomic mass is 10.1. The fourth-order valence-corrected chi connectivity index (χ4v) is 3.66. The number of morpholine rings is 1. The zero-order valence-corrected chi connectivity index (χ0v) is 15.9. The summed E-state index contributed by atoms with van der Waals surface area (Å²) in [6.45, 7) is 0.586. The minimum atomic E-state index is -3.55. The number of halogens is 3. The maximum atomic E-state index is 13.8. The second-order valence-electron chi connectivity index (χ2n) is 5.79. The molecule has 1 aromatic carbocycles. The van der Waals surface area contributed by atoms with Crippen LogP contribution in [0.5, 0.6) is 0 Å². The summed E-state index contributed by atoms with van der Waals surface area (Å²) < 4.78 is 47.4. The van der Waals surface area contributed by atoms with E-state index in [0.717, 1.165) is 6.26 Å². The molecule has 6 nitrogen and oxygen atoms in total. The van der Waals surface area contributed by atoms with Crippen molar-refractivity contribution in [2.24, 2.45) is 0 Å². The van der Waals surface area contributed by atoms with Crippen LogP contribution in [-0.4, -0.2) is 45.2 Å². The van der Waals surface area contributed by atoms with Crippen molar-refractivity contribution < 1.29 is 26.8 Å². The van der Waals surface area contributed by atoms with Gasteiger partial charge < -0.3 is 14.1 Å². The molecule has 1 saturated heterocycles. The van der Waals surface area contributed by atoms with E-state index >= 15 is 0 Å². The van der Waals surface area contributed by atoms with Crippen LogP contribution < -0.4 is 0 Å². The maximum absolute atomic E-state index is 13.8. The van der Waals surface area contributed by atoms with E-state index in [1.165, 1.54) is 29.2 Å². The van der Waals surface area contributed by atoms with Gasteiger partial charge in [0.25, 0.3) is 5.91 Å². The molecule has 0 radical (unpaired) electrons. The number of benzene rings is 1. The Hall–Kier alpha value is -1.61. The van der Waals surface area contributed by atoms with Gasteiger partial charge in [0.1, 0.15) is 11.9 Å². The van der Waals surface area contributed by atoms with Crippen LogP contribution in [0, 0.1) is 5.82 Å². The molecule has 1 fully saturated rings. The second kappa shape index (κ2) is 7.19. The number of ether oxygens (including phenoxy) is 1. The first kappa shape index (κ1) is 19.2. The van der Waals surface area contributed by atoms with Gasteiger partial charge in [-0.1, -0.05) is 23.2 Å². The van der Waals surface area contributed by atoms with Gasteiger partial charge in [0, 0.05) is 23.4 Å². The highest BCUT2D eigenvalue weighted by atomic mass is 35.5. The third-order valence-electron chi connectivity index (χ3n) is 3.90. The maximum Gasteiger partial charge on any atom is 0.289 e. The average Bonchev–Trinajstić information content (AvgIpc) is 3.08. The number of rotatable bonds is 3. The quantitative estimate of drug-likeness (QED) is 0.710. The van der Waals surface area contributed by atoms with Crippen LogP contribution in [0.2, 0.25) is 10.0 Å². The second-order valence-corrected chi connectivity index (χ2v) is 8.55.